The first-order valence-electron chi connectivity index (χ1n) is 9.57. The molecular weight excluding hydrogens is 392 g/mol. The van der Waals surface area contributed by atoms with Crippen LogP contribution in [-0.4, -0.2) is 62.0 Å². The zero-order valence-corrected chi connectivity index (χ0v) is 16.7. The lowest BCUT2D eigenvalue weighted by molar-refractivity contribution is -0.120. The number of benzene rings is 2. The topological polar surface area (TPSA) is 53.1 Å². The van der Waals surface area contributed by atoms with Gasteiger partial charge in [0.15, 0.2) is 0 Å². The highest BCUT2D eigenvalue weighted by atomic mass is 19.1. The Hall–Kier alpha value is -3.26. The standard InChI is InChI=1S/C22H21F2N3O3/c1-25-9-11-26(12-10-25)20-19(15-5-3-4-6-18(15)30-2)21(28)27(22(20)29)17-8-7-14(23)13-16(17)24/h3-8,13H,9-12H2,1-2H3. The maximum absolute atomic E-state index is 14.5. The molecule has 2 aromatic rings. The predicted octanol–water partition coefficient (Wildman–Crippen LogP) is 2.51. The molecule has 30 heavy (non-hydrogen) atoms. The Balaban J connectivity index is 1.86. The van der Waals surface area contributed by atoms with Crippen LogP contribution in [0.1, 0.15) is 5.56 Å². The number of para-hydroxylation sites is 1. The molecule has 2 aliphatic rings. The van der Waals surface area contributed by atoms with Gasteiger partial charge in [-0.2, -0.15) is 0 Å². The van der Waals surface area contributed by atoms with Crippen LogP contribution in [0.4, 0.5) is 14.5 Å². The maximum atomic E-state index is 14.5. The van der Waals surface area contributed by atoms with E-state index in [-0.39, 0.29) is 17.0 Å². The summed E-state index contributed by atoms with van der Waals surface area (Å²) in [5, 5.41) is 0. The van der Waals surface area contributed by atoms with Crippen molar-refractivity contribution in [2.75, 3.05) is 45.2 Å². The van der Waals surface area contributed by atoms with E-state index in [0.717, 1.165) is 30.1 Å². The number of likely N-dealkylation sites (N-methyl/N-ethyl adjacent to an activating group) is 1. The molecule has 8 heteroatoms. The summed E-state index contributed by atoms with van der Waals surface area (Å²) < 4.78 is 33.3. The lowest BCUT2D eigenvalue weighted by Gasteiger charge is -2.34. The summed E-state index contributed by atoms with van der Waals surface area (Å²) in [7, 11) is 3.46. The number of carbonyl (C=O) groups is 2. The molecule has 4 rings (SSSR count). The van der Waals surface area contributed by atoms with Crippen LogP contribution >= 0.6 is 0 Å². The van der Waals surface area contributed by atoms with Crippen molar-refractivity contribution in [3.8, 4) is 5.75 Å². The Morgan fingerprint density at radius 1 is 0.933 bits per heavy atom. The Kier molecular flexibility index (Phi) is 5.26. The van der Waals surface area contributed by atoms with Crippen molar-refractivity contribution in [3.05, 3.63) is 65.4 Å². The molecule has 0 aromatic heterocycles. The Bertz CT molecular complexity index is 1050. The second-order valence-electron chi connectivity index (χ2n) is 7.26. The van der Waals surface area contributed by atoms with Gasteiger partial charge in [-0.3, -0.25) is 9.59 Å². The van der Waals surface area contributed by atoms with Gasteiger partial charge in [0.1, 0.15) is 23.1 Å². The van der Waals surface area contributed by atoms with Crippen LogP contribution in [0.3, 0.4) is 0 Å². The van der Waals surface area contributed by atoms with E-state index in [1.165, 1.54) is 7.11 Å². The second kappa shape index (κ2) is 7.87. The number of imide groups is 1. The van der Waals surface area contributed by atoms with E-state index in [1.54, 1.807) is 24.3 Å². The molecule has 1 fully saturated rings. The molecule has 0 atom stereocenters. The van der Waals surface area contributed by atoms with Crippen molar-refractivity contribution in [2.45, 2.75) is 0 Å². The van der Waals surface area contributed by atoms with E-state index >= 15 is 0 Å². The Labute approximate surface area is 172 Å². The van der Waals surface area contributed by atoms with Gasteiger partial charge in [-0.1, -0.05) is 18.2 Å². The van der Waals surface area contributed by atoms with Crippen molar-refractivity contribution >= 4 is 23.1 Å². The van der Waals surface area contributed by atoms with Crippen LogP contribution < -0.4 is 9.64 Å². The van der Waals surface area contributed by atoms with E-state index < -0.39 is 23.4 Å². The molecule has 0 saturated carbocycles. The van der Waals surface area contributed by atoms with Gasteiger partial charge in [-0.15, -0.1) is 0 Å². The van der Waals surface area contributed by atoms with Gasteiger partial charge < -0.3 is 14.5 Å². The summed E-state index contributed by atoms with van der Waals surface area (Å²) in [4.78, 5) is 31.6. The zero-order chi connectivity index (χ0) is 21.4. The van der Waals surface area contributed by atoms with Crippen LogP contribution in [0.5, 0.6) is 5.75 Å². The van der Waals surface area contributed by atoms with E-state index in [9.17, 15) is 18.4 Å². The van der Waals surface area contributed by atoms with E-state index in [4.69, 9.17) is 4.74 Å². The van der Waals surface area contributed by atoms with Crippen LogP contribution in [0.25, 0.3) is 5.57 Å². The van der Waals surface area contributed by atoms with E-state index in [0.29, 0.717) is 30.5 Å². The quantitative estimate of drug-likeness (QED) is 0.721. The van der Waals surface area contributed by atoms with Crippen molar-refractivity contribution in [1.29, 1.82) is 0 Å². The fourth-order valence-electron chi connectivity index (χ4n) is 3.82. The SMILES string of the molecule is COc1ccccc1C1=C(N2CCN(C)CC2)C(=O)N(c2ccc(F)cc2F)C1=O. The van der Waals surface area contributed by atoms with Gasteiger partial charge in [0.05, 0.1) is 18.4 Å². The lowest BCUT2D eigenvalue weighted by atomic mass is 10.0. The molecule has 0 bridgehead atoms. The summed E-state index contributed by atoms with van der Waals surface area (Å²) in [6, 6.07) is 9.68. The molecule has 0 aliphatic carbocycles. The van der Waals surface area contributed by atoms with E-state index in [2.05, 4.69) is 4.90 Å². The highest BCUT2D eigenvalue weighted by Gasteiger charge is 2.44. The average Bonchev–Trinajstić information content (AvgIpc) is 2.99. The molecule has 156 valence electrons. The number of ether oxygens (including phenoxy) is 1. The minimum atomic E-state index is -0.976. The van der Waals surface area contributed by atoms with Gasteiger partial charge in [0.25, 0.3) is 11.8 Å². The van der Waals surface area contributed by atoms with Gasteiger partial charge >= 0.3 is 0 Å². The summed E-state index contributed by atoms with van der Waals surface area (Å²) in [5.74, 6) is -2.62. The van der Waals surface area contributed by atoms with Gasteiger partial charge in [0, 0.05) is 37.8 Å². The third-order valence-electron chi connectivity index (χ3n) is 5.41. The molecule has 2 aliphatic heterocycles. The first kappa shape index (κ1) is 20.0. The average molecular weight is 413 g/mol. The summed E-state index contributed by atoms with van der Waals surface area (Å²) in [6.07, 6.45) is 0. The number of amides is 2. The number of methoxy groups -OCH3 is 1. The normalized spacial score (nSPS) is 17.9. The molecule has 0 unspecified atom stereocenters. The fraction of sp³-hybridized carbons (Fsp3) is 0.273. The number of piperazine rings is 1. The molecule has 6 nitrogen and oxygen atoms in total. The number of hydrogen-bond donors (Lipinski definition) is 0. The van der Waals surface area contributed by atoms with Crippen molar-refractivity contribution in [2.24, 2.45) is 0 Å². The van der Waals surface area contributed by atoms with Crippen LogP contribution in [0.2, 0.25) is 0 Å². The summed E-state index contributed by atoms with van der Waals surface area (Å²) >= 11 is 0. The van der Waals surface area contributed by atoms with Gasteiger partial charge in [-0.25, -0.2) is 13.7 Å². The fourth-order valence-corrected chi connectivity index (χ4v) is 3.82. The minimum Gasteiger partial charge on any atom is -0.496 e. The molecule has 0 radical (unpaired) electrons. The second-order valence-corrected chi connectivity index (χ2v) is 7.26. The van der Waals surface area contributed by atoms with Gasteiger partial charge in [-0.05, 0) is 25.2 Å². The summed E-state index contributed by atoms with van der Waals surface area (Å²) in [5.41, 5.74) is 0.548. The third kappa shape index (κ3) is 3.33. The number of halogens is 2. The van der Waals surface area contributed by atoms with Crippen LogP contribution in [-0.2, 0) is 9.59 Å². The van der Waals surface area contributed by atoms with Gasteiger partial charge in [0.2, 0.25) is 0 Å². The molecule has 2 amide bonds. The molecule has 1 saturated heterocycles. The van der Waals surface area contributed by atoms with Crippen molar-refractivity contribution in [3.63, 3.8) is 0 Å². The van der Waals surface area contributed by atoms with E-state index in [1.807, 2.05) is 11.9 Å². The third-order valence-corrected chi connectivity index (χ3v) is 5.41. The number of rotatable bonds is 4. The number of hydrogen-bond acceptors (Lipinski definition) is 5. The van der Waals surface area contributed by atoms with Crippen LogP contribution in [0.15, 0.2) is 48.2 Å². The molecular formula is C22H21F2N3O3. The van der Waals surface area contributed by atoms with Crippen molar-refractivity contribution in [1.82, 2.24) is 9.80 Å². The molecule has 0 spiro atoms. The number of anilines is 1. The lowest BCUT2D eigenvalue weighted by Crippen LogP contribution is -2.46. The summed E-state index contributed by atoms with van der Waals surface area (Å²) in [6.45, 7) is 2.52. The molecule has 2 heterocycles. The zero-order valence-electron chi connectivity index (χ0n) is 16.7. The van der Waals surface area contributed by atoms with Crippen LogP contribution in [0, 0.1) is 11.6 Å². The first-order valence-corrected chi connectivity index (χ1v) is 9.57. The molecule has 2 aromatic carbocycles. The minimum absolute atomic E-state index is 0.158. The monoisotopic (exact) mass is 413 g/mol. The Morgan fingerprint density at radius 3 is 2.30 bits per heavy atom. The molecule has 0 N–H and O–H groups in total. The smallest absolute Gasteiger partial charge is 0.282 e. The maximum Gasteiger partial charge on any atom is 0.282 e. The largest absolute Gasteiger partial charge is 0.496 e. The first-order chi connectivity index (χ1) is 14.4. The Morgan fingerprint density at radius 2 is 1.63 bits per heavy atom. The number of carbonyl (C=O) groups excluding carboxylic acids is 2. The van der Waals surface area contributed by atoms with Crippen molar-refractivity contribution < 1.29 is 23.1 Å². The predicted molar refractivity (Wildman–Crippen MR) is 108 cm³/mol. The highest BCUT2D eigenvalue weighted by Crippen LogP contribution is 2.39. The number of nitrogens with zero attached hydrogens (tertiary/aromatic N) is 3. The highest BCUT2D eigenvalue weighted by molar-refractivity contribution is 6.45.